The molecule has 0 spiro atoms. The standard InChI is InChI=1S/C19H17N3O4/c1-10-16-13(11(9-23)8-20-10)7-14-18(24)21-17(22-19(14)26-16)12-5-3-4-6-15(12)25-2/h3-6,8,23H,7,9H2,1-2H3,(H,21,22,24). The van der Waals surface area contributed by atoms with Crippen LogP contribution in [-0.2, 0) is 13.0 Å². The molecule has 4 rings (SSSR count). The van der Waals surface area contributed by atoms with E-state index in [4.69, 9.17) is 9.47 Å². The smallest absolute Gasteiger partial charge is 0.258 e. The summed E-state index contributed by atoms with van der Waals surface area (Å²) < 4.78 is 11.3. The maximum absolute atomic E-state index is 12.7. The number of aryl methyl sites for hydroxylation is 1. The first-order chi connectivity index (χ1) is 12.6. The maximum Gasteiger partial charge on any atom is 0.258 e. The van der Waals surface area contributed by atoms with Gasteiger partial charge in [-0.15, -0.1) is 0 Å². The van der Waals surface area contributed by atoms with Gasteiger partial charge in [0.2, 0.25) is 5.88 Å². The van der Waals surface area contributed by atoms with Crippen molar-refractivity contribution in [3.05, 3.63) is 63.2 Å². The van der Waals surface area contributed by atoms with Crippen molar-refractivity contribution in [2.24, 2.45) is 0 Å². The van der Waals surface area contributed by atoms with Crippen LogP contribution in [0.15, 0.2) is 35.3 Å². The highest BCUT2D eigenvalue weighted by Crippen LogP contribution is 2.38. The number of aromatic amines is 1. The van der Waals surface area contributed by atoms with E-state index in [1.165, 1.54) is 0 Å². The molecule has 1 aliphatic heterocycles. The van der Waals surface area contributed by atoms with E-state index >= 15 is 0 Å². The SMILES string of the molecule is COc1ccccc1-c1nc2c(c(=O)[nH]1)Cc1c(CO)cnc(C)c1O2. The Bertz CT molecular complexity index is 1060. The van der Waals surface area contributed by atoms with E-state index in [1.807, 2.05) is 25.1 Å². The number of H-pyrrole nitrogens is 1. The summed E-state index contributed by atoms with van der Waals surface area (Å²) in [6, 6.07) is 7.30. The van der Waals surface area contributed by atoms with E-state index in [2.05, 4.69) is 15.0 Å². The number of fused-ring (bicyclic) bond motifs is 2. The van der Waals surface area contributed by atoms with Gasteiger partial charge in [-0.3, -0.25) is 9.78 Å². The fraction of sp³-hybridized carbons (Fsp3) is 0.211. The number of hydrogen-bond donors (Lipinski definition) is 2. The molecule has 3 heterocycles. The molecular formula is C19H17N3O4. The van der Waals surface area contributed by atoms with Gasteiger partial charge in [0.1, 0.15) is 11.6 Å². The van der Waals surface area contributed by atoms with Gasteiger partial charge >= 0.3 is 0 Å². The van der Waals surface area contributed by atoms with Crippen LogP contribution in [0.25, 0.3) is 11.4 Å². The summed E-state index contributed by atoms with van der Waals surface area (Å²) >= 11 is 0. The van der Waals surface area contributed by atoms with Gasteiger partial charge in [-0.1, -0.05) is 12.1 Å². The van der Waals surface area contributed by atoms with Crippen molar-refractivity contribution in [1.82, 2.24) is 15.0 Å². The molecule has 0 bridgehead atoms. The van der Waals surface area contributed by atoms with E-state index in [-0.39, 0.29) is 18.0 Å². The number of rotatable bonds is 3. The Morgan fingerprint density at radius 3 is 2.88 bits per heavy atom. The Hall–Kier alpha value is -3.19. The van der Waals surface area contributed by atoms with Crippen LogP contribution in [0.4, 0.5) is 0 Å². The number of nitrogens with zero attached hydrogens (tertiary/aromatic N) is 2. The van der Waals surface area contributed by atoms with Crippen molar-refractivity contribution in [3.8, 4) is 28.8 Å². The van der Waals surface area contributed by atoms with Crippen LogP contribution >= 0.6 is 0 Å². The second-order valence-electron chi connectivity index (χ2n) is 6.01. The van der Waals surface area contributed by atoms with Gasteiger partial charge in [-0.2, -0.15) is 4.98 Å². The molecular weight excluding hydrogens is 334 g/mol. The van der Waals surface area contributed by atoms with Crippen molar-refractivity contribution in [2.45, 2.75) is 20.0 Å². The number of pyridine rings is 1. The van der Waals surface area contributed by atoms with Gasteiger partial charge in [0.15, 0.2) is 5.75 Å². The highest BCUT2D eigenvalue weighted by Gasteiger charge is 2.26. The summed E-state index contributed by atoms with van der Waals surface area (Å²) in [5, 5.41) is 9.54. The van der Waals surface area contributed by atoms with E-state index in [1.54, 1.807) is 19.4 Å². The fourth-order valence-electron chi connectivity index (χ4n) is 3.10. The van der Waals surface area contributed by atoms with Crippen LogP contribution in [0.5, 0.6) is 17.4 Å². The molecule has 1 aliphatic rings. The zero-order valence-electron chi connectivity index (χ0n) is 14.4. The van der Waals surface area contributed by atoms with E-state index < -0.39 is 0 Å². The number of benzene rings is 1. The average molecular weight is 351 g/mol. The summed E-state index contributed by atoms with van der Waals surface area (Å²) in [6.45, 7) is 1.65. The molecule has 0 atom stereocenters. The lowest BCUT2D eigenvalue weighted by Gasteiger charge is -2.22. The van der Waals surface area contributed by atoms with Gasteiger partial charge < -0.3 is 19.6 Å². The zero-order chi connectivity index (χ0) is 18.3. The molecule has 7 heteroatoms. The zero-order valence-corrected chi connectivity index (χ0v) is 14.4. The van der Waals surface area contributed by atoms with Gasteiger partial charge in [0.05, 0.1) is 30.5 Å². The van der Waals surface area contributed by atoms with Gasteiger partial charge in [0, 0.05) is 23.7 Å². The lowest BCUT2D eigenvalue weighted by Crippen LogP contribution is -2.21. The predicted molar refractivity (Wildman–Crippen MR) is 94.6 cm³/mol. The summed E-state index contributed by atoms with van der Waals surface area (Å²) in [7, 11) is 1.56. The second-order valence-corrected chi connectivity index (χ2v) is 6.01. The number of ether oxygens (including phenoxy) is 2. The molecule has 0 aliphatic carbocycles. The molecule has 0 amide bonds. The lowest BCUT2D eigenvalue weighted by molar-refractivity contribution is 0.278. The van der Waals surface area contributed by atoms with Crippen LogP contribution in [0, 0.1) is 6.92 Å². The number of para-hydroxylation sites is 1. The summed E-state index contributed by atoms with van der Waals surface area (Å²) in [5.74, 6) is 1.78. The number of hydrogen-bond acceptors (Lipinski definition) is 6. The molecule has 2 N–H and O–H groups in total. The minimum atomic E-state index is -0.278. The average Bonchev–Trinajstić information content (AvgIpc) is 2.67. The first-order valence-electron chi connectivity index (χ1n) is 8.15. The van der Waals surface area contributed by atoms with Crippen LogP contribution in [-0.4, -0.2) is 27.2 Å². The molecule has 3 aromatic rings. The Balaban J connectivity index is 1.86. The topological polar surface area (TPSA) is 97.3 Å². The van der Waals surface area contributed by atoms with Crippen molar-refractivity contribution in [2.75, 3.05) is 7.11 Å². The van der Waals surface area contributed by atoms with E-state index in [0.717, 1.165) is 5.56 Å². The first kappa shape index (κ1) is 16.3. The minimum Gasteiger partial charge on any atom is -0.496 e. The molecule has 0 saturated carbocycles. The molecule has 0 unspecified atom stereocenters. The maximum atomic E-state index is 12.7. The van der Waals surface area contributed by atoms with E-state index in [0.29, 0.717) is 46.1 Å². The second kappa shape index (κ2) is 6.27. The number of aliphatic hydroxyl groups excluding tert-OH is 1. The van der Waals surface area contributed by atoms with Crippen molar-refractivity contribution >= 4 is 0 Å². The number of aromatic nitrogens is 3. The molecule has 0 radical (unpaired) electrons. The number of nitrogens with one attached hydrogen (secondary N) is 1. The largest absolute Gasteiger partial charge is 0.496 e. The summed E-state index contributed by atoms with van der Waals surface area (Å²) in [5.41, 5.74) is 2.91. The molecule has 7 nitrogen and oxygen atoms in total. The highest BCUT2D eigenvalue weighted by atomic mass is 16.5. The molecule has 26 heavy (non-hydrogen) atoms. The predicted octanol–water partition coefficient (Wildman–Crippen LogP) is 2.34. The number of aliphatic hydroxyl groups is 1. The quantitative estimate of drug-likeness (QED) is 0.588. The third kappa shape index (κ3) is 2.53. The monoisotopic (exact) mass is 351 g/mol. The van der Waals surface area contributed by atoms with Gasteiger partial charge in [-0.25, -0.2) is 0 Å². The highest BCUT2D eigenvalue weighted by molar-refractivity contribution is 5.65. The third-order valence-corrected chi connectivity index (χ3v) is 4.47. The Morgan fingerprint density at radius 1 is 1.31 bits per heavy atom. The Kier molecular flexibility index (Phi) is 3.93. The molecule has 1 aromatic carbocycles. The van der Waals surface area contributed by atoms with Crippen LogP contribution in [0.2, 0.25) is 0 Å². The Labute approximate surface area is 149 Å². The molecule has 2 aromatic heterocycles. The van der Waals surface area contributed by atoms with Crippen LogP contribution < -0.4 is 15.0 Å². The van der Waals surface area contributed by atoms with Crippen molar-refractivity contribution < 1.29 is 14.6 Å². The van der Waals surface area contributed by atoms with Gasteiger partial charge in [0.25, 0.3) is 5.56 Å². The number of methoxy groups -OCH3 is 1. The fourth-order valence-corrected chi connectivity index (χ4v) is 3.10. The molecule has 0 fully saturated rings. The lowest BCUT2D eigenvalue weighted by atomic mass is 9.99. The third-order valence-electron chi connectivity index (χ3n) is 4.47. The first-order valence-corrected chi connectivity index (χ1v) is 8.15. The van der Waals surface area contributed by atoms with E-state index in [9.17, 15) is 9.90 Å². The molecule has 132 valence electrons. The minimum absolute atomic E-state index is 0.168. The Morgan fingerprint density at radius 2 is 2.12 bits per heavy atom. The summed E-state index contributed by atoms with van der Waals surface area (Å²) in [6.07, 6.45) is 1.94. The van der Waals surface area contributed by atoms with Crippen LogP contribution in [0.1, 0.15) is 22.4 Å². The van der Waals surface area contributed by atoms with Crippen LogP contribution in [0.3, 0.4) is 0 Å². The molecule has 0 saturated heterocycles. The van der Waals surface area contributed by atoms with Crippen molar-refractivity contribution in [1.29, 1.82) is 0 Å². The normalized spacial score (nSPS) is 12.1. The van der Waals surface area contributed by atoms with Gasteiger partial charge in [-0.05, 0) is 19.1 Å². The van der Waals surface area contributed by atoms with Crippen molar-refractivity contribution in [3.63, 3.8) is 0 Å². The summed E-state index contributed by atoms with van der Waals surface area (Å²) in [4.78, 5) is 24.2.